The van der Waals surface area contributed by atoms with E-state index in [4.69, 9.17) is 0 Å². The van der Waals surface area contributed by atoms with E-state index >= 15 is 0 Å². The van der Waals surface area contributed by atoms with Gasteiger partial charge in [-0.25, -0.2) is 8.42 Å². The first-order chi connectivity index (χ1) is 9.85. The van der Waals surface area contributed by atoms with E-state index in [0.717, 1.165) is 20.5 Å². The average molecular weight is 389 g/mol. The second-order valence-corrected chi connectivity index (χ2v) is 8.58. The molecule has 114 valence electrons. The van der Waals surface area contributed by atoms with Crippen LogP contribution in [0.3, 0.4) is 0 Å². The lowest BCUT2D eigenvalue weighted by molar-refractivity contribution is 0.603. The Hall–Kier alpha value is -0.890. The molecule has 0 fully saturated rings. The Morgan fingerprint density at radius 2 is 1.95 bits per heavy atom. The number of rotatable bonds is 5. The van der Waals surface area contributed by atoms with Crippen molar-refractivity contribution in [3.05, 3.63) is 44.7 Å². The summed E-state index contributed by atoms with van der Waals surface area (Å²) in [5.74, 6) is 0. The van der Waals surface area contributed by atoms with Gasteiger partial charge in [0.05, 0.1) is 5.69 Å². The quantitative estimate of drug-likeness (QED) is 0.821. The highest BCUT2D eigenvalue weighted by Crippen LogP contribution is 2.31. The molecule has 1 heterocycles. The fourth-order valence-electron chi connectivity index (χ4n) is 1.88. The van der Waals surface area contributed by atoms with Crippen molar-refractivity contribution in [3.8, 4) is 0 Å². The summed E-state index contributed by atoms with van der Waals surface area (Å²) in [7, 11) is -1.72. The Bertz CT molecular complexity index is 754. The first kappa shape index (κ1) is 16.5. The lowest BCUT2D eigenvalue weighted by Crippen LogP contribution is -2.12. The van der Waals surface area contributed by atoms with Crippen molar-refractivity contribution in [1.82, 2.24) is 5.32 Å². The maximum atomic E-state index is 12.5. The third-order valence-corrected chi connectivity index (χ3v) is 7.17. The Morgan fingerprint density at radius 1 is 1.24 bits per heavy atom. The number of hydrogen-bond acceptors (Lipinski definition) is 4. The Labute approximate surface area is 137 Å². The van der Waals surface area contributed by atoms with Crippen LogP contribution in [0.2, 0.25) is 0 Å². The molecule has 0 aliphatic rings. The van der Waals surface area contributed by atoms with Crippen LogP contribution in [0, 0.1) is 13.8 Å². The van der Waals surface area contributed by atoms with Crippen molar-refractivity contribution in [3.63, 3.8) is 0 Å². The first-order valence-electron chi connectivity index (χ1n) is 6.37. The van der Waals surface area contributed by atoms with Crippen molar-refractivity contribution in [2.75, 3.05) is 11.8 Å². The van der Waals surface area contributed by atoms with E-state index in [-0.39, 0.29) is 0 Å². The molecular weight excluding hydrogens is 372 g/mol. The van der Waals surface area contributed by atoms with Crippen LogP contribution in [0.15, 0.2) is 32.9 Å². The van der Waals surface area contributed by atoms with Gasteiger partial charge in [0.25, 0.3) is 10.0 Å². The first-order valence-corrected chi connectivity index (χ1v) is 9.46. The molecule has 0 atom stereocenters. The molecule has 2 aromatic rings. The minimum Gasteiger partial charge on any atom is -0.315 e. The maximum Gasteiger partial charge on any atom is 0.271 e. The number of benzene rings is 1. The van der Waals surface area contributed by atoms with Crippen molar-refractivity contribution in [2.45, 2.75) is 24.6 Å². The van der Waals surface area contributed by atoms with E-state index in [2.05, 4.69) is 26.0 Å². The molecule has 2 N–H and O–H groups in total. The minimum absolute atomic E-state index is 0.332. The van der Waals surface area contributed by atoms with Crippen LogP contribution in [-0.2, 0) is 16.6 Å². The summed E-state index contributed by atoms with van der Waals surface area (Å²) in [6.07, 6.45) is 0. The Kier molecular flexibility index (Phi) is 5.08. The molecule has 0 amide bonds. The number of halogens is 1. The number of anilines is 1. The second kappa shape index (κ2) is 6.48. The van der Waals surface area contributed by atoms with Gasteiger partial charge in [0.15, 0.2) is 0 Å². The Balaban J connectivity index is 2.34. The predicted molar refractivity (Wildman–Crippen MR) is 91.5 cm³/mol. The summed E-state index contributed by atoms with van der Waals surface area (Å²) in [6, 6.07) is 7.19. The topological polar surface area (TPSA) is 58.2 Å². The van der Waals surface area contributed by atoms with Crippen molar-refractivity contribution in [2.24, 2.45) is 0 Å². The van der Waals surface area contributed by atoms with E-state index in [9.17, 15) is 8.42 Å². The van der Waals surface area contributed by atoms with Gasteiger partial charge in [-0.15, -0.1) is 11.3 Å². The van der Waals surface area contributed by atoms with E-state index in [1.54, 1.807) is 12.1 Å². The molecule has 0 bridgehead atoms. The van der Waals surface area contributed by atoms with E-state index in [1.165, 1.54) is 11.3 Å². The number of sulfonamides is 1. The summed E-state index contributed by atoms with van der Waals surface area (Å²) in [6.45, 7) is 4.51. The van der Waals surface area contributed by atoms with Gasteiger partial charge in [-0.1, -0.05) is 12.1 Å². The lowest BCUT2D eigenvalue weighted by Gasteiger charge is -2.09. The highest BCUT2D eigenvalue weighted by atomic mass is 79.9. The fraction of sp³-hybridized carbons (Fsp3) is 0.286. The van der Waals surface area contributed by atoms with E-state index in [0.29, 0.717) is 16.4 Å². The molecule has 0 unspecified atom stereocenters. The minimum atomic E-state index is -3.56. The molecular formula is C14H17BrN2O2S2. The molecule has 1 aromatic carbocycles. The van der Waals surface area contributed by atoms with Gasteiger partial charge in [0.1, 0.15) is 4.21 Å². The number of thiophene rings is 1. The lowest BCUT2D eigenvalue weighted by atomic mass is 10.2. The molecule has 0 saturated heterocycles. The van der Waals surface area contributed by atoms with Crippen molar-refractivity contribution >= 4 is 43.0 Å². The van der Waals surface area contributed by atoms with E-state index < -0.39 is 10.0 Å². The average Bonchev–Trinajstić information content (AvgIpc) is 2.78. The highest BCUT2D eigenvalue weighted by Gasteiger charge is 2.20. The summed E-state index contributed by atoms with van der Waals surface area (Å²) in [5, 5.41) is 3.04. The number of aryl methyl sites for hydroxylation is 2. The molecule has 21 heavy (non-hydrogen) atoms. The van der Waals surface area contributed by atoms with Gasteiger partial charge >= 0.3 is 0 Å². The predicted octanol–water partition coefficient (Wildman–Crippen LogP) is 3.65. The zero-order valence-electron chi connectivity index (χ0n) is 12.0. The summed E-state index contributed by atoms with van der Waals surface area (Å²) < 4.78 is 28.7. The molecule has 0 aliphatic carbocycles. The van der Waals surface area contributed by atoms with Gasteiger partial charge < -0.3 is 5.32 Å². The largest absolute Gasteiger partial charge is 0.315 e. The molecule has 0 aliphatic heterocycles. The van der Waals surface area contributed by atoms with Crippen LogP contribution < -0.4 is 10.0 Å². The van der Waals surface area contributed by atoms with Crippen molar-refractivity contribution in [1.29, 1.82) is 0 Å². The molecule has 4 nitrogen and oxygen atoms in total. The second-order valence-electron chi connectivity index (χ2n) is 4.74. The third kappa shape index (κ3) is 3.66. The van der Waals surface area contributed by atoms with Gasteiger partial charge in [-0.05, 0) is 60.1 Å². The van der Waals surface area contributed by atoms with Gasteiger partial charge in [0, 0.05) is 15.9 Å². The number of nitrogens with one attached hydrogen (secondary N) is 2. The molecule has 1 aromatic heterocycles. The van der Waals surface area contributed by atoms with Crippen LogP contribution in [0.25, 0.3) is 0 Å². The third-order valence-electron chi connectivity index (χ3n) is 3.04. The summed E-state index contributed by atoms with van der Waals surface area (Å²) in [5.41, 5.74) is 2.52. The zero-order valence-corrected chi connectivity index (χ0v) is 15.2. The van der Waals surface area contributed by atoms with Crippen LogP contribution in [0.5, 0.6) is 0 Å². The van der Waals surface area contributed by atoms with E-state index in [1.807, 2.05) is 33.0 Å². The van der Waals surface area contributed by atoms with Crippen LogP contribution >= 0.6 is 27.3 Å². The maximum absolute atomic E-state index is 12.5. The number of hydrogen-bond donors (Lipinski definition) is 2. The van der Waals surface area contributed by atoms with Crippen LogP contribution in [0.1, 0.15) is 16.0 Å². The molecule has 7 heteroatoms. The fourth-order valence-corrected chi connectivity index (χ4v) is 5.05. The SMILES string of the molecule is CNCc1sc(S(=O)(=O)Nc2cccc(C)c2Br)cc1C. The van der Waals surface area contributed by atoms with Crippen LogP contribution in [-0.4, -0.2) is 15.5 Å². The highest BCUT2D eigenvalue weighted by molar-refractivity contribution is 9.10. The zero-order chi connectivity index (χ0) is 15.6. The van der Waals surface area contributed by atoms with Gasteiger partial charge in [-0.2, -0.15) is 0 Å². The van der Waals surface area contributed by atoms with Crippen molar-refractivity contribution < 1.29 is 8.42 Å². The molecule has 0 radical (unpaired) electrons. The molecule has 0 spiro atoms. The monoisotopic (exact) mass is 388 g/mol. The van der Waals surface area contributed by atoms with Gasteiger partial charge in [-0.3, -0.25) is 4.72 Å². The molecule has 0 saturated carbocycles. The van der Waals surface area contributed by atoms with Gasteiger partial charge in [0.2, 0.25) is 0 Å². The molecule has 2 rings (SSSR count). The standard InChI is InChI=1S/C14H17BrN2O2S2/c1-9-5-4-6-11(14(9)15)17-21(18,19)13-7-10(2)12(20-13)8-16-3/h4-7,16-17H,8H2,1-3H3. The smallest absolute Gasteiger partial charge is 0.271 e. The Morgan fingerprint density at radius 3 is 2.62 bits per heavy atom. The summed E-state index contributed by atoms with van der Waals surface area (Å²) >= 11 is 4.71. The van der Waals surface area contributed by atoms with Crippen LogP contribution in [0.4, 0.5) is 5.69 Å². The normalized spacial score (nSPS) is 11.6. The summed E-state index contributed by atoms with van der Waals surface area (Å²) in [4.78, 5) is 1.03.